The van der Waals surface area contributed by atoms with Crippen LogP contribution in [0.15, 0.2) is 35.9 Å². The predicted molar refractivity (Wildman–Crippen MR) is 94.6 cm³/mol. The molecule has 1 aromatic carbocycles. The van der Waals surface area contributed by atoms with Gasteiger partial charge >= 0.3 is 5.97 Å². The Kier molecular flexibility index (Phi) is 4.80. The molecule has 4 nitrogen and oxygen atoms in total. The van der Waals surface area contributed by atoms with Crippen LogP contribution >= 0.6 is 0 Å². The minimum Gasteiger partial charge on any atom is -0.482 e. The summed E-state index contributed by atoms with van der Waals surface area (Å²) in [6.45, 7) is -0.316. The van der Waals surface area contributed by atoms with Crippen molar-refractivity contribution < 1.29 is 19.4 Å². The van der Waals surface area contributed by atoms with Gasteiger partial charge in [-0.25, -0.2) is 4.79 Å². The van der Waals surface area contributed by atoms with Crippen molar-refractivity contribution in [3.8, 4) is 5.75 Å². The van der Waals surface area contributed by atoms with Crippen molar-refractivity contribution in [2.75, 3.05) is 6.61 Å². The third-order valence-corrected chi connectivity index (χ3v) is 5.92. The summed E-state index contributed by atoms with van der Waals surface area (Å²) in [5, 5.41) is 8.95. The van der Waals surface area contributed by atoms with Crippen molar-refractivity contribution in [2.24, 2.45) is 11.8 Å². The molecule has 25 heavy (non-hydrogen) atoms. The largest absolute Gasteiger partial charge is 0.482 e. The van der Waals surface area contributed by atoms with Gasteiger partial charge in [0.15, 0.2) is 6.61 Å². The van der Waals surface area contributed by atoms with E-state index in [4.69, 9.17) is 14.6 Å². The van der Waals surface area contributed by atoms with E-state index >= 15 is 0 Å². The third-order valence-electron chi connectivity index (χ3n) is 5.92. The lowest BCUT2D eigenvalue weighted by atomic mass is 9.68. The monoisotopic (exact) mass is 342 g/mol. The molecule has 2 aliphatic carbocycles. The molecule has 0 radical (unpaired) electrons. The number of rotatable bonds is 4. The zero-order chi connectivity index (χ0) is 17.2. The van der Waals surface area contributed by atoms with Gasteiger partial charge in [0.05, 0.1) is 12.2 Å². The zero-order valence-corrected chi connectivity index (χ0v) is 14.5. The Morgan fingerprint density at radius 3 is 2.80 bits per heavy atom. The van der Waals surface area contributed by atoms with Crippen LogP contribution in [0, 0.1) is 11.8 Å². The summed E-state index contributed by atoms with van der Waals surface area (Å²) in [5.41, 5.74) is 2.60. The first-order valence-electron chi connectivity index (χ1n) is 9.53. The van der Waals surface area contributed by atoms with Crippen molar-refractivity contribution in [2.45, 2.75) is 57.2 Å². The van der Waals surface area contributed by atoms with Crippen LogP contribution in [0.1, 0.15) is 56.6 Å². The normalized spacial score (nSPS) is 31.4. The fourth-order valence-electron chi connectivity index (χ4n) is 4.88. The molecule has 134 valence electrons. The van der Waals surface area contributed by atoms with Gasteiger partial charge in [0.25, 0.3) is 0 Å². The molecule has 4 unspecified atom stereocenters. The molecule has 1 saturated heterocycles. The first-order chi connectivity index (χ1) is 12.2. The smallest absolute Gasteiger partial charge is 0.341 e. The number of ether oxygens (including phenoxy) is 2. The average molecular weight is 342 g/mol. The van der Waals surface area contributed by atoms with Gasteiger partial charge in [-0.15, -0.1) is 0 Å². The van der Waals surface area contributed by atoms with Crippen LogP contribution in [-0.4, -0.2) is 23.8 Å². The number of hydrogen-bond donors (Lipinski definition) is 1. The van der Waals surface area contributed by atoms with E-state index in [9.17, 15) is 4.79 Å². The molecule has 4 rings (SSSR count). The van der Waals surface area contributed by atoms with Gasteiger partial charge in [-0.05, 0) is 38.2 Å². The van der Waals surface area contributed by atoms with Gasteiger partial charge in [-0.1, -0.05) is 42.7 Å². The van der Waals surface area contributed by atoms with Gasteiger partial charge in [-0.2, -0.15) is 0 Å². The van der Waals surface area contributed by atoms with Crippen LogP contribution in [-0.2, 0) is 9.53 Å². The summed E-state index contributed by atoms with van der Waals surface area (Å²) < 4.78 is 12.2. The van der Waals surface area contributed by atoms with Crippen LogP contribution in [0.2, 0.25) is 0 Å². The Bertz CT molecular complexity index is 666. The Morgan fingerprint density at radius 2 is 1.92 bits per heavy atom. The van der Waals surface area contributed by atoms with E-state index in [2.05, 4.69) is 6.08 Å². The molecule has 0 aromatic heterocycles. The van der Waals surface area contributed by atoms with Crippen LogP contribution in [0.3, 0.4) is 0 Å². The van der Waals surface area contributed by atoms with Crippen LogP contribution in [0.25, 0.3) is 0 Å². The highest BCUT2D eigenvalue weighted by Gasteiger charge is 2.44. The number of para-hydroxylation sites is 1. The Labute approximate surface area is 148 Å². The van der Waals surface area contributed by atoms with Crippen LogP contribution < -0.4 is 4.74 Å². The van der Waals surface area contributed by atoms with E-state index in [0.29, 0.717) is 23.7 Å². The van der Waals surface area contributed by atoms with Crippen molar-refractivity contribution in [3.63, 3.8) is 0 Å². The Morgan fingerprint density at radius 1 is 1.12 bits per heavy atom. The van der Waals surface area contributed by atoms with Gasteiger partial charge in [0, 0.05) is 17.4 Å². The number of benzene rings is 1. The van der Waals surface area contributed by atoms with Crippen molar-refractivity contribution in [1.82, 2.24) is 0 Å². The molecule has 4 heteroatoms. The van der Waals surface area contributed by atoms with Gasteiger partial charge in [-0.3, -0.25) is 0 Å². The lowest BCUT2D eigenvalue weighted by Crippen LogP contribution is -2.41. The van der Waals surface area contributed by atoms with E-state index in [0.717, 1.165) is 18.4 Å². The molecule has 2 fully saturated rings. The van der Waals surface area contributed by atoms with Crippen molar-refractivity contribution >= 4 is 5.97 Å². The number of carboxylic acid groups (broad SMARTS) is 1. The van der Waals surface area contributed by atoms with Gasteiger partial charge < -0.3 is 14.6 Å². The molecule has 1 aromatic rings. The second kappa shape index (κ2) is 7.20. The molecule has 1 N–H and O–H groups in total. The van der Waals surface area contributed by atoms with Gasteiger partial charge in [0.1, 0.15) is 5.75 Å². The standard InChI is InChI=1S/C21H26O4/c22-20(23)13-24-18-11-5-4-10-17(18)21-16-9-2-1-7-14(16)15-8-3-6-12-19(15)25-21/h4-5,7,10-11,15-16,19,21H,1-3,6,8-9,12-13H2,(H,22,23). The molecule has 1 aliphatic heterocycles. The SMILES string of the molecule is O=C(O)COc1ccccc1C1OC2CCCCC2C2=CCCCC21. The number of fused-ring (bicyclic) bond motifs is 3. The van der Waals surface area contributed by atoms with E-state index in [1.54, 1.807) is 5.57 Å². The van der Waals surface area contributed by atoms with E-state index in [-0.39, 0.29) is 12.7 Å². The number of hydrogen-bond acceptors (Lipinski definition) is 3. The lowest BCUT2D eigenvalue weighted by Gasteiger charge is -2.47. The van der Waals surface area contributed by atoms with Crippen LogP contribution in [0.4, 0.5) is 0 Å². The summed E-state index contributed by atoms with van der Waals surface area (Å²) in [6.07, 6.45) is 11.2. The highest BCUT2D eigenvalue weighted by atomic mass is 16.5. The number of carboxylic acids is 1. The van der Waals surface area contributed by atoms with Crippen LogP contribution in [0.5, 0.6) is 5.75 Å². The predicted octanol–water partition coefficient (Wildman–Crippen LogP) is 4.51. The lowest BCUT2D eigenvalue weighted by molar-refractivity contribution is -0.139. The van der Waals surface area contributed by atoms with E-state index < -0.39 is 5.97 Å². The molecule has 4 atom stereocenters. The number of allylic oxidation sites excluding steroid dienone is 1. The maximum absolute atomic E-state index is 10.9. The molecule has 0 amide bonds. The highest BCUT2D eigenvalue weighted by molar-refractivity contribution is 5.68. The fraction of sp³-hybridized carbons (Fsp3) is 0.571. The molecular formula is C21H26O4. The second-order valence-corrected chi connectivity index (χ2v) is 7.45. The molecule has 1 saturated carbocycles. The van der Waals surface area contributed by atoms with Gasteiger partial charge in [0.2, 0.25) is 0 Å². The third kappa shape index (κ3) is 3.32. The van der Waals surface area contributed by atoms with Crippen molar-refractivity contribution in [3.05, 3.63) is 41.5 Å². The minimum absolute atomic E-state index is 0.0177. The van der Waals surface area contributed by atoms with E-state index in [1.807, 2.05) is 24.3 Å². The molecule has 0 bridgehead atoms. The molecule has 1 heterocycles. The number of aliphatic carboxylic acids is 1. The first kappa shape index (κ1) is 16.6. The molecule has 0 spiro atoms. The Balaban J connectivity index is 1.66. The zero-order valence-electron chi connectivity index (χ0n) is 14.5. The van der Waals surface area contributed by atoms with E-state index in [1.165, 1.54) is 32.1 Å². The summed E-state index contributed by atoms with van der Waals surface area (Å²) in [5.74, 6) is 0.684. The maximum atomic E-state index is 10.9. The average Bonchev–Trinajstić information content (AvgIpc) is 2.66. The van der Waals surface area contributed by atoms with Crippen molar-refractivity contribution in [1.29, 1.82) is 0 Å². The number of carbonyl (C=O) groups is 1. The second-order valence-electron chi connectivity index (χ2n) is 7.45. The summed E-state index contributed by atoms with van der Waals surface area (Å²) >= 11 is 0. The highest BCUT2D eigenvalue weighted by Crippen LogP contribution is 2.52. The first-order valence-corrected chi connectivity index (χ1v) is 9.53. The Hall–Kier alpha value is -1.81. The topological polar surface area (TPSA) is 55.8 Å². The fourth-order valence-corrected chi connectivity index (χ4v) is 4.88. The quantitative estimate of drug-likeness (QED) is 0.818. The maximum Gasteiger partial charge on any atom is 0.341 e. The molecular weight excluding hydrogens is 316 g/mol. The summed E-state index contributed by atoms with van der Waals surface area (Å²) in [7, 11) is 0. The summed E-state index contributed by atoms with van der Waals surface area (Å²) in [6, 6.07) is 7.79. The minimum atomic E-state index is -0.954. The summed E-state index contributed by atoms with van der Waals surface area (Å²) in [4.78, 5) is 10.9. The molecule has 3 aliphatic rings.